The molecule has 0 saturated carbocycles. The molecule has 148 valence electrons. The lowest BCUT2D eigenvalue weighted by Crippen LogP contribution is -2.12. The molecule has 0 aliphatic heterocycles. The first-order chi connectivity index (χ1) is 12.5. The highest BCUT2D eigenvalue weighted by Gasteiger charge is 2.11. The van der Waals surface area contributed by atoms with Gasteiger partial charge in [-0.3, -0.25) is 4.79 Å². The molecule has 0 fully saturated rings. The van der Waals surface area contributed by atoms with Crippen LogP contribution in [-0.4, -0.2) is 11.0 Å². The number of aryl methyl sites for hydroxylation is 1. The number of carbonyl (C=O) groups excluding carboxylic acids is 1. The number of benzene rings is 1. The van der Waals surface area contributed by atoms with Gasteiger partial charge >= 0.3 is 0 Å². The number of phenolic OH excluding ortho intramolecular Hbond substituents is 1. The smallest absolute Gasteiger partial charge is 0.224 e. The van der Waals surface area contributed by atoms with E-state index in [1.165, 1.54) is 57.8 Å². The van der Waals surface area contributed by atoms with Gasteiger partial charge in [-0.2, -0.15) is 0 Å². The van der Waals surface area contributed by atoms with E-state index in [1.807, 2.05) is 26.8 Å². The summed E-state index contributed by atoms with van der Waals surface area (Å²) in [5, 5.41) is 13.0. The maximum absolute atomic E-state index is 12.2. The predicted molar refractivity (Wildman–Crippen MR) is 112 cm³/mol. The Kier molecular flexibility index (Phi) is 11.1. The third kappa shape index (κ3) is 8.25. The van der Waals surface area contributed by atoms with Gasteiger partial charge in [0.1, 0.15) is 5.75 Å². The zero-order valence-corrected chi connectivity index (χ0v) is 17.4. The van der Waals surface area contributed by atoms with Crippen LogP contribution in [0.25, 0.3) is 0 Å². The predicted octanol–water partition coefficient (Wildman–Crippen LogP) is 6.96. The maximum Gasteiger partial charge on any atom is 0.224 e. The topological polar surface area (TPSA) is 49.3 Å². The molecule has 0 atom stereocenters. The molecular formula is C23H39NO2. The number of hydrogen-bond donors (Lipinski definition) is 2. The minimum Gasteiger partial charge on any atom is -0.507 e. The molecule has 0 spiro atoms. The van der Waals surface area contributed by atoms with Crippen molar-refractivity contribution >= 4 is 11.6 Å². The van der Waals surface area contributed by atoms with Crippen LogP contribution in [0, 0.1) is 20.8 Å². The Morgan fingerprint density at radius 1 is 0.846 bits per heavy atom. The van der Waals surface area contributed by atoms with Gasteiger partial charge in [0.05, 0.1) is 0 Å². The molecule has 3 heteroatoms. The van der Waals surface area contributed by atoms with Gasteiger partial charge in [-0.15, -0.1) is 0 Å². The van der Waals surface area contributed by atoms with Crippen LogP contribution < -0.4 is 5.32 Å². The Bertz CT molecular complexity index is 552. The average Bonchev–Trinajstić information content (AvgIpc) is 2.62. The first kappa shape index (κ1) is 22.5. The fourth-order valence-electron chi connectivity index (χ4n) is 3.36. The van der Waals surface area contributed by atoms with E-state index in [9.17, 15) is 9.90 Å². The van der Waals surface area contributed by atoms with Gasteiger partial charge in [0.25, 0.3) is 0 Å². The number of phenols is 1. The molecule has 0 unspecified atom stereocenters. The SMILES string of the molecule is CCCCCCCCCCCCCC(=O)Nc1cc(C)c(O)c(C)c1C. The second-order valence-corrected chi connectivity index (χ2v) is 7.67. The van der Waals surface area contributed by atoms with Crippen molar-refractivity contribution < 1.29 is 9.90 Å². The second kappa shape index (κ2) is 12.8. The number of anilines is 1. The molecule has 0 saturated heterocycles. The highest BCUT2D eigenvalue weighted by atomic mass is 16.3. The van der Waals surface area contributed by atoms with E-state index in [4.69, 9.17) is 0 Å². The third-order valence-corrected chi connectivity index (χ3v) is 5.34. The van der Waals surface area contributed by atoms with Crippen molar-refractivity contribution in [3.63, 3.8) is 0 Å². The van der Waals surface area contributed by atoms with Crippen molar-refractivity contribution in [2.75, 3.05) is 5.32 Å². The standard InChI is InChI=1S/C23H39NO2/c1-5-6-7-8-9-10-11-12-13-14-15-16-22(25)24-21-17-18(2)23(26)20(4)19(21)3/h17,26H,5-16H2,1-4H3,(H,24,25). The van der Waals surface area contributed by atoms with Crippen molar-refractivity contribution in [3.05, 3.63) is 22.8 Å². The van der Waals surface area contributed by atoms with Crippen molar-refractivity contribution in [3.8, 4) is 5.75 Å². The number of aromatic hydroxyl groups is 1. The van der Waals surface area contributed by atoms with Gasteiger partial charge in [0.15, 0.2) is 0 Å². The van der Waals surface area contributed by atoms with Gasteiger partial charge in [0, 0.05) is 12.1 Å². The highest BCUT2D eigenvalue weighted by Crippen LogP contribution is 2.30. The van der Waals surface area contributed by atoms with Gasteiger partial charge in [-0.1, -0.05) is 71.1 Å². The molecule has 0 aromatic heterocycles. The summed E-state index contributed by atoms with van der Waals surface area (Å²) in [4.78, 5) is 12.2. The van der Waals surface area contributed by atoms with Crippen molar-refractivity contribution in [1.82, 2.24) is 0 Å². The second-order valence-electron chi connectivity index (χ2n) is 7.67. The summed E-state index contributed by atoms with van der Waals surface area (Å²) in [6.07, 6.45) is 14.8. The fourth-order valence-corrected chi connectivity index (χ4v) is 3.36. The van der Waals surface area contributed by atoms with Gasteiger partial charge < -0.3 is 10.4 Å². The van der Waals surface area contributed by atoms with Crippen LogP contribution in [0.15, 0.2) is 6.07 Å². The lowest BCUT2D eigenvalue weighted by Gasteiger charge is -2.14. The van der Waals surface area contributed by atoms with E-state index >= 15 is 0 Å². The molecule has 2 N–H and O–H groups in total. The van der Waals surface area contributed by atoms with Gasteiger partial charge in [0.2, 0.25) is 5.91 Å². The van der Waals surface area contributed by atoms with E-state index < -0.39 is 0 Å². The number of nitrogens with one attached hydrogen (secondary N) is 1. The van der Waals surface area contributed by atoms with E-state index in [-0.39, 0.29) is 5.91 Å². The summed E-state index contributed by atoms with van der Waals surface area (Å²) < 4.78 is 0. The van der Waals surface area contributed by atoms with E-state index in [0.717, 1.165) is 35.2 Å². The molecule has 3 nitrogen and oxygen atoms in total. The summed E-state index contributed by atoms with van der Waals surface area (Å²) in [6, 6.07) is 1.86. The monoisotopic (exact) mass is 361 g/mol. The summed E-state index contributed by atoms with van der Waals surface area (Å²) in [5.74, 6) is 0.402. The van der Waals surface area contributed by atoms with Crippen LogP contribution in [0.4, 0.5) is 5.69 Å². The number of amides is 1. The lowest BCUT2D eigenvalue weighted by atomic mass is 10.0. The summed E-state index contributed by atoms with van der Waals surface area (Å²) >= 11 is 0. The lowest BCUT2D eigenvalue weighted by molar-refractivity contribution is -0.116. The van der Waals surface area contributed by atoms with Crippen molar-refractivity contribution in [1.29, 1.82) is 0 Å². The Balaban J connectivity index is 2.13. The quantitative estimate of drug-likeness (QED) is 0.295. The van der Waals surface area contributed by atoms with Crippen LogP contribution in [-0.2, 0) is 4.79 Å². The van der Waals surface area contributed by atoms with Crippen molar-refractivity contribution in [2.24, 2.45) is 0 Å². The molecule has 0 heterocycles. The number of carbonyl (C=O) groups is 1. The molecule has 1 amide bonds. The molecular weight excluding hydrogens is 322 g/mol. The average molecular weight is 362 g/mol. The summed E-state index contributed by atoms with van der Waals surface area (Å²) in [5.41, 5.74) is 3.42. The summed E-state index contributed by atoms with van der Waals surface area (Å²) in [7, 11) is 0. The van der Waals surface area contributed by atoms with Crippen LogP contribution in [0.3, 0.4) is 0 Å². The minimum atomic E-state index is 0.0773. The molecule has 0 aliphatic rings. The Morgan fingerprint density at radius 3 is 1.88 bits per heavy atom. The van der Waals surface area contributed by atoms with Gasteiger partial charge in [-0.05, 0) is 49.9 Å². The van der Waals surface area contributed by atoms with Gasteiger partial charge in [-0.25, -0.2) is 0 Å². The number of unbranched alkanes of at least 4 members (excludes halogenated alkanes) is 10. The maximum atomic E-state index is 12.2. The zero-order valence-electron chi connectivity index (χ0n) is 17.4. The Hall–Kier alpha value is -1.51. The largest absolute Gasteiger partial charge is 0.507 e. The first-order valence-electron chi connectivity index (χ1n) is 10.6. The number of hydrogen-bond acceptors (Lipinski definition) is 2. The molecule has 0 aliphatic carbocycles. The molecule has 1 aromatic carbocycles. The third-order valence-electron chi connectivity index (χ3n) is 5.34. The minimum absolute atomic E-state index is 0.0773. The fraction of sp³-hybridized carbons (Fsp3) is 0.696. The van der Waals surface area contributed by atoms with Crippen LogP contribution in [0.5, 0.6) is 5.75 Å². The molecule has 0 bridgehead atoms. The van der Waals surface area contributed by atoms with E-state index in [1.54, 1.807) is 0 Å². The zero-order chi connectivity index (χ0) is 19.4. The van der Waals surface area contributed by atoms with Crippen molar-refractivity contribution in [2.45, 2.75) is 105 Å². The van der Waals surface area contributed by atoms with Crippen LogP contribution >= 0.6 is 0 Å². The first-order valence-corrected chi connectivity index (χ1v) is 10.6. The number of rotatable bonds is 13. The molecule has 26 heavy (non-hydrogen) atoms. The molecule has 1 aromatic rings. The normalized spacial score (nSPS) is 10.9. The van der Waals surface area contributed by atoms with Crippen LogP contribution in [0.2, 0.25) is 0 Å². The van der Waals surface area contributed by atoms with E-state index in [0.29, 0.717) is 12.2 Å². The molecule has 0 radical (unpaired) electrons. The Morgan fingerprint density at radius 2 is 1.35 bits per heavy atom. The van der Waals surface area contributed by atoms with Crippen LogP contribution in [0.1, 0.15) is 101 Å². The highest BCUT2D eigenvalue weighted by molar-refractivity contribution is 5.92. The summed E-state index contributed by atoms with van der Waals surface area (Å²) in [6.45, 7) is 7.94. The molecule has 1 rings (SSSR count). The van der Waals surface area contributed by atoms with E-state index in [2.05, 4.69) is 12.2 Å². The Labute approximate surface area is 160 Å².